The lowest BCUT2D eigenvalue weighted by Crippen LogP contribution is -2.37. The van der Waals surface area contributed by atoms with E-state index in [0.717, 1.165) is 24.3 Å². The fraction of sp³-hybridized carbons (Fsp3) is 0.333. The van der Waals surface area contributed by atoms with Crippen LogP contribution in [0.15, 0.2) is 53.6 Å². The summed E-state index contributed by atoms with van der Waals surface area (Å²) in [5.41, 5.74) is -2.48. The van der Waals surface area contributed by atoms with Gasteiger partial charge in [0.2, 0.25) is 11.7 Å². The first-order valence-corrected chi connectivity index (χ1v) is 15.3. The number of ketones is 1. The number of hydrogen-bond acceptors (Lipinski definition) is 9. The van der Waals surface area contributed by atoms with Gasteiger partial charge in [-0.2, -0.15) is 0 Å². The summed E-state index contributed by atoms with van der Waals surface area (Å²) in [7, 11) is -3.68. The maximum absolute atomic E-state index is 16.1. The van der Waals surface area contributed by atoms with Crippen molar-refractivity contribution in [1.82, 2.24) is 15.3 Å². The number of methoxy groups -OCH3 is 1. The molecule has 1 amide bonds. The van der Waals surface area contributed by atoms with Gasteiger partial charge in [-0.15, -0.1) is 0 Å². The minimum absolute atomic E-state index is 0.00960. The molecule has 2 heterocycles. The van der Waals surface area contributed by atoms with Gasteiger partial charge in [0.1, 0.15) is 17.3 Å². The number of benzene rings is 2. The van der Waals surface area contributed by atoms with Crippen LogP contribution in [0.5, 0.6) is 0 Å². The number of sulfonamides is 1. The van der Waals surface area contributed by atoms with E-state index >= 15 is 4.39 Å². The van der Waals surface area contributed by atoms with Crippen LogP contribution < -0.4 is 15.4 Å². The summed E-state index contributed by atoms with van der Waals surface area (Å²) >= 11 is 0. The molecule has 0 fully saturated rings. The zero-order valence-electron chi connectivity index (χ0n) is 25.1. The van der Waals surface area contributed by atoms with E-state index in [1.165, 1.54) is 31.5 Å². The second kappa shape index (κ2) is 13.1. The van der Waals surface area contributed by atoms with E-state index in [1.807, 2.05) is 18.6 Å². The van der Waals surface area contributed by atoms with Crippen molar-refractivity contribution in [2.24, 2.45) is 5.92 Å². The van der Waals surface area contributed by atoms with Crippen LogP contribution in [0.25, 0.3) is 11.3 Å². The maximum atomic E-state index is 16.1. The second-order valence-corrected chi connectivity index (χ2v) is 12.6. The van der Waals surface area contributed by atoms with E-state index in [0.29, 0.717) is 0 Å². The summed E-state index contributed by atoms with van der Waals surface area (Å²) in [5.74, 6) is -4.45. The molecule has 0 spiro atoms. The van der Waals surface area contributed by atoms with E-state index in [-0.39, 0.29) is 53.5 Å². The monoisotopic (exact) mass is 647 g/mol. The fourth-order valence-corrected chi connectivity index (χ4v) is 6.09. The predicted molar refractivity (Wildman–Crippen MR) is 160 cm³/mol. The SMILES string of the molecule is COC(=O)N[C@@H](C)CNc1nccc(C2=C(c3cccc(NS(=O)(=O)c4c(F)cccc4F)c3F)C(=O)C(C)(CC(C)C)O2)n1. The number of nitrogens with zero attached hydrogens (tertiary/aromatic N) is 2. The van der Waals surface area contributed by atoms with Gasteiger partial charge < -0.3 is 20.1 Å². The maximum Gasteiger partial charge on any atom is 0.407 e. The Morgan fingerprint density at radius 3 is 2.38 bits per heavy atom. The van der Waals surface area contributed by atoms with E-state index in [2.05, 4.69) is 25.3 Å². The molecule has 3 aromatic rings. The molecule has 3 N–H and O–H groups in total. The van der Waals surface area contributed by atoms with Crippen molar-refractivity contribution in [3.05, 3.63) is 77.4 Å². The Morgan fingerprint density at radius 1 is 1.07 bits per heavy atom. The van der Waals surface area contributed by atoms with Crippen LogP contribution in [0.3, 0.4) is 0 Å². The topological polar surface area (TPSA) is 149 Å². The van der Waals surface area contributed by atoms with Gasteiger partial charge in [0, 0.05) is 24.3 Å². The van der Waals surface area contributed by atoms with E-state index < -0.39 is 55.5 Å². The molecule has 11 nitrogen and oxygen atoms in total. The van der Waals surface area contributed by atoms with Crippen molar-refractivity contribution < 1.29 is 40.7 Å². The van der Waals surface area contributed by atoms with Crippen molar-refractivity contribution in [3.8, 4) is 0 Å². The number of amides is 1. The third-order valence-electron chi connectivity index (χ3n) is 6.76. The predicted octanol–water partition coefficient (Wildman–Crippen LogP) is 5.12. The van der Waals surface area contributed by atoms with Gasteiger partial charge >= 0.3 is 6.09 Å². The molecule has 45 heavy (non-hydrogen) atoms. The summed E-state index contributed by atoms with van der Waals surface area (Å²) in [4.78, 5) is 32.7. The quantitative estimate of drug-likeness (QED) is 0.258. The fourth-order valence-electron chi connectivity index (χ4n) is 4.89. The molecule has 1 aliphatic rings. The van der Waals surface area contributed by atoms with Gasteiger partial charge in [0.15, 0.2) is 22.1 Å². The molecular weight excluding hydrogens is 615 g/mol. The lowest BCUT2D eigenvalue weighted by molar-refractivity contribution is -0.127. The molecule has 15 heteroatoms. The molecule has 1 unspecified atom stereocenters. The van der Waals surface area contributed by atoms with E-state index in [1.54, 1.807) is 13.8 Å². The largest absolute Gasteiger partial charge is 0.476 e. The number of carbonyl (C=O) groups is 2. The summed E-state index contributed by atoms with van der Waals surface area (Å²) in [6, 6.07) is 7.18. The van der Waals surface area contributed by atoms with Crippen molar-refractivity contribution in [1.29, 1.82) is 0 Å². The van der Waals surface area contributed by atoms with Gasteiger partial charge in [-0.1, -0.05) is 32.0 Å². The molecule has 2 aromatic carbocycles. The molecule has 0 bridgehead atoms. The first-order chi connectivity index (χ1) is 21.2. The molecule has 4 rings (SSSR count). The van der Waals surface area contributed by atoms with Crippen molar-refractivity contribution >= 4 is 44.9 Å². The number of nitrogens with one attached hydrogen (secondary N) is 3. The lowest BCUT2D eigenvalue weighted by Gasteiger charge is -2.25. The van der Waals surface area contributed by atoms with Crippen LogP contribution in [0.2, 0.25) is 0 Å². The first kappa shape index (κ1) is 33.2. The number of halogens is 3. The number of carbonyl (C=O) groups excluding carboxylic acids is 2. The third-order valence-corrected chi connectivity index (χ3v) is 8.18. The molecule has 0 aliphatic carbocycles. The number of anilines is 2. The van der Waals surface area contributed by atoms with Crippen LogP contribution in [-0.4, -0.2) is 55.6 Å². The van der Waals surface area contributed by atoms with Crippen LogP contribution in [-0.2, 0) is 24.3 Å². The third kappa shape index (κ3) is 7.19. The summed E-state index contributed by atoms with van der Waals surface area (Å²) in [6.45, 7) is 7.25. The van der Waals surface area contributed by atoms with Crippen LogP contribution in [0, 0.1) is 23.4 Å². The Balaban J connectivity index is 1.77. The Labute approximate surface area is 258 Å². The number of Topliss-reactive ketones (excluding diaryl/α,β-unsaturated/α-hetero) is 1. The lowest BCUT2D eigenvalue weighted by atomic mass is 9.86. The number of ether oxygens (including phenoxy) is 2. The highest BCUT2D eigenvalue weighted by molar-refractivity contribution is 7.92. The normalized spacial score (nSPS) is 17.2. The minimum atomic E-state index is -4.92. The van der Waals surface area contributed by atoms with Gasteiger partial charge in [-0.05, 0) is 50.5 Å². The van der Waals surface area contributed by atoms with Gasteiger partial charge in [-0.25, -0.2) is 36.4 Å². The zero-order chi connectivity index (χ0) is 33.1. The van der Waals surface area contributed by atoms with Crippen LogP contribution in [0.4, 0.5) is 29.6 Å². The summed E-state index contributed by atoms with van der Waals surface area (Å²) in [6.07, 6.45) is 1.03. The van der Waals surface area contributed by atoms with Gasteiger partial charge in [0.05, 0.1) is 18.4 Å². The highest BCUT2D eigenvalue weighted by Crippen LogP contribution is 2.45. The molecule has 0 saturated carbocycles. The van der Waals surface area contributed by atoms with Crippen LogP contribution >= 0.6 is 0 Å². The molecule has 240 valence electrons. The van der Waals surface area contributed by atoms with Crippen molar-refractivity contribution in [2.75, 3.05) is 23.7 Å². The Bertz CT molecular complexity index is 1750. The summed E-state index contributed by atoms with van der Waals surface area (Å²) < 4.78 is 83.2. The molecule has 2 atom stereocenters. The average Bonchev–Trinajstić information content (AvgIpc) is 3.22. The molecule has 0 saturated heterocycles. The number of aromatic nitrogens is 2. The smallest absolute Gasteiger partial charge is 0.407 e. The summed E-state index contributed by atoms with van der Waals surface area (Å²) in [5, 5.41) is 5.55. The van der Waals surface area contributed by atoms with Gasteiger partial charge in [0.25, 0.3) is 10.0 Å². The van der Waals surface area contributed by atoms with Crippen LogP contribution in [0.1, 0.15) is 45.4 Å². The standard InChI is InChI=1S/C30H32F3N5O6S/c1-16(2)14-30(4)27(39)23(25(44-30)22-12-13-34-28(37-22)35-15-17(3)36-29(40)43-5)18-8-6-11-21(24(18)33)38-45(41,42)26-19(31)9-7-10-20(26)32/h6-13,16-17,38H,14-15H2,1-5H3,(H,36,40)(H,34,35,37)/t17-,30?/m0/s1. The Hall–Kier alpha value is -4.66. The Kier molecular flexibility index (Phi) is 9.71. The van der Waals surface area contributed by atoms with Crippen molar-refractivity contribution in [2.45, 2.75) is 50.7 Å². The van der Waals surface area contributed by atoms with E-state index in [4.69, 9.17) is 4.74 Å². The average molecular weight is 648 g/mol. The molecule has 1 aromatic heterocycles. The minimum Gasteiger partial charge on any atom is -0.476 e. The first-order valence-electron chi connectivity index (χ1n) is 13.8. The molecule has 1 aliphatic heterocycles. The van der Waals surface area contributed by atoms with Crippen molar-refractivity contribution in [3.63, 3.8) is 0 Å². The number of alkyl carbamates (subject to hydrolysis) is 1. The molecular formula is C30H32F3N5O6S. The second-order valence-electron chi connectivity index (χ2n) is 11.0. The number of rotatable bonds is 11. The van der Waals surface area contributed by atoms with Gasteiger partial charge in [-0.3, -0.25) is 9.52 Å². The zero-order valence-corrected chi connectivity index (χ0v) is 25.9. The Morgan fingerprint density at radius 2 is 1.73 bits per heavy atom. The van der Waals surface area contributed by atoms with E-state index in [9.17, 15) is 26.8 Å². The highest BCUT2D eigenvalue weighted by Gasteiger charge is 2.48. The number of hydrogen-bond donors (Lipinski definition) is 3. The highest BCUT2D eigenvalue weighted by atomic mass is 32.2. The molecule has 0 radical (unpaired) electrons.